The molecule has 0 unspecified atom stereocenters. The summed E-state index contributed by atoms with van der Waals surface area (Å²) in [5.41, 5.74) is -1.16. The van der Waals surface area contributed by atoms with E-state index in [4.69, 9.17) is 23.2 Å². The van der Waals surface area contributed by atoms with Crippen LogP contribution in [0, 0.1) is 11.6 Å². The van der Waals surface area contributed by atoms with Gasteiger partial charge in [-0.1, -0.05) is 29.3 Å². The van der Waals surface area contributed by atoms with Gasteiger partial charge in [0.25, 0.3) is 5.91 Å². The third kappa shape index (κ3) is 4.53. The van der Waals surface area contributed by atoms with Gasteiger partial charge in [0.05, 0.1) is 10.7 Å². The third-order valence-electron chi connectivity index (χ3n) is 3.09. The maximum atomic E-state index is 13.7. The molecular formula is C15H9Cl2F5N2O2. The number of anilines is 1. The Hall–Kier alpha value is -2.13. The van der Waals surface area contributed by atoms with E-state index in [9.17, 15) is 26.7 Å². The van der Waals surface area contributed by atoms with E-state index in [1.165, 1.54) is 12.1 Å². The molecule has 11 heteroatoms. The molecule has 1 N–H and O–H groups in total. The molecule has 0 aliphatic carbocycles. The number of ether oxygens (including phenoxy) is 1. The van der Waals surface area contributed by atoms with Crippen LogP contribution >= 0.6 is 23.2 Å². The van der Waals surface area contributed by atoms with E-state index in [1.807, 2.05) is 5.32 Å². The van der Waals surface area contributed by atoms with Gasteiger partial charge in [0.1, 0.15) is 11.4 Å². The van der Waals surface area contributed by atoms with Crippen LogP contribution in [-0.4, -0.2) is 23.2 Å². The van der Waals surface area contributed by atoms with Gasteiger partial charge >= 0.3 is 6.18 Å². The lowest BCUT2D eigenvalue weighted by Gasteiger charge is -2.19. The SMILES string of the molecule is C[C@H](Oc1nc(Cl)c(F)cc1C(=O)Nc1c(F)cccc1Cl)C(F)(F)F. The van der Waals surface area contributed by atoms with Gasteiger partial charge in [0.2, 0.25) is 5.88 Å². The number of carbonyl (C=O) groups excluding carboxylic acids is 1. The Bertz CT molecular complexity index is 825. The molecule has 0 saturated carbocycles. The standard InChI is InChI=1S/C15H9Cl2F5N2O2/c1-6(15(20,21)22)26-14-7(5-10(19)12(17)24-14)13(25)23-11-8(16)3-2-4-9(11)18/h2-6H,1H3,(H,23,25)/t6-/m0/s1. The molecule has 1 atom stereocenters. The van der Waals surface area contributed by atoms with Crippen LogP contribution < -0.4 is 10.1 Å². The number of pyridine rings is 1. The van der Waals surface area contributed by atoms with Crippen molar-refractivity contribution < 1.29 is 31.5 Å². The second-order valence-corrected chi connectivity index (χ2v) is 5.73. The van der Waals surface area contributed by atoms with Crippen LogP contribution in [0.15, 0.2) is 24.3 Å². The molecule has 1 aromatic carbocycles. The molecule has 2 rings (SSSR count). The molecule has 0 saturated heterocycles. The predicted molar refractivity (Wildman–Crippen MR) is 84.7 cm³/mol. The summed E-state index contributed by atoms with van der Waals surface area (Å²) in [7, 11) is 0. The Kier molecular flexibility index (Phi) is 5.92. The molecule has 0 fully saturated rings. The fraction of sp³-hybridized carbons (Fsp3) is 0.200. The van der Waals surface area contributed by atoms with Gasteiger partial charge in [-0.3, -0.25) is 4.79 Å². The first kappa shape index (κ1) is 20.2. The molecule has 4 nitrogen and oxygen atoms in total. The number of benzene rings is 1. The van der Waals surface area contributed by atoms with Crippen LogP contribution in [0.1, 0.15) is 17.3 Å². The fourth-order valence-electron chi connectivity index (χ4n) is 1.74. The number of nitrogens with one attached hydrogen (secondary N) is 1. The largest absolute Gasteiger partial charge is 0.464 e. The van der Waals surface area contributed by atoms with Gasteiger partial charge in [-0.25, -0.2) is 8.78 Å². The van der Waals surface area contributed by atoms with Crippen LogP contribution in [0.2, 0.25) is 10.2 Å². The molecule has 0 bridgehead atoms. The van der Waals surface area contributed by atoms with Crippen molar-refractivity contribution in [2.75, 3.05) is 5.32 Å². The quantitative estimate of drug-likeness (QED) is 0.549. The Morgan fingerprint density at radius 1 is 1.23 bits per heavy atom. The molecule has 1 amide bonds. The van der Waals surface area contributed by atoms with Crippen molar-refractivity contribution in [3.05, 3.63) is 51.6 Å². The zero-order chi connectivity index (χ0) is 19.6. The fourth-order valence-corrected chi connectivity index (χ4v) is 2.08. The van der Waals surface area contributed by atoms with E-state index < -0.39 is 52.1 Å². The summed E-state index contributed by atoms with van der Waals surface area (Å²) >= 11 is 11.2. The molecular weight excluding hydrogens is 406 g/mol. The summed E-state index contributed by atoms with van der Waals surface area (Å²) < 4.78 is 70.0. The minimum atomic E-state index is -4.77. The molecule has 0 radical (unpaired) electrons. The lowest BCUT2D eigenvalue weighted by Crippen LogP contribution is -2.32. The van der Waals surface area contributed by atoms with Crippen molar-refractivity contribution in [2.45, 2.75) is 19.2 Å². The summed E-state index contributed by atoms with van der Waals surface area (Å²) in [6, 6.07) is 4.06. The normalized spacial score (nSPS) is 12.6. The van der Waals surface area contributed by atoms with Gasteiger partial charge < -0.3 is 10.1 Å². The van der Waals surface area contributed by atoms with Gasteiger partial charge in [-0.05, 0) is 25.1 Å². The minimum absolute atomic E-state index is 0.174. The van der Waals surface area contributed by atoms with Crippen LogP contribution in [0.5, 0.6) is 5.88 Å². The number of carbonyl (C=O) groups is 1. The first-order chi connectivity index (χ1) is 12.0. The molecule has 0 aliphatic rings. The van der Waals surface area contributed by atoms with Crippen LogP contribution in [-0.2, 0) is 0 Å². The number of aromatic nitrogens is 1. The van der Waals surface area contributed by atoms with Crippen LogP contribution in [0.3, 0.4) is 0 Å². The Balaban J connectivity index is 2.41. The van der Waals surface area contributed by atoms with E-state index in [1.54, 1.807) is 0 Å². The monoisotopic (exact) mass is 414 g/mol. The number of amides is 1. The minimum Gasteiger partial charge on any atom is -0.464 e. The molecule has 1 heterocycles. The number of hydrogen-bond donors (Lipinski definition) is 1. The summed E-state index contributed by atoms with van der Waals surface area (Å²) in [5, 5.41) is 1.07. The lowest BCUT2D eigenvalue weighted by molar-refractivity contribution is -0.190. The smallest absolute Gasteiger partial charge is 0.425 e. The van der Waals surface area contributed by atoms with Gasteiger partial charge in [0.15, 0.2) is 17.1 Å². The van der Waals surface area contributed by atoms with Crippen LogP contribution in [0.4, 0.5) is 27.6 Å². The molecule has 0 spiro atoms. The van der Waals surface area contributed by atoms with Gasteiger partial charge in [-0.2, -0.15) is 18.2 Å². The van der Waals surface area contributed by atoms with Crippen molar-refractivity contribution in [3.8, 4) is 5.88 Å². The molecule has 140 valence electrons. The van der Waals surface area contributed by atoms with Crippen molar-refractivity contribution in [1.82, 2.24) is 4.98 Å². The number of alkyl halides is 3. The highest BCUT2D eigenvalue weighted by Crippen LogP contribution is 2.30. The highest BCUT2D eigenvalue weighted by molar-refractivity contribution is 6.34. The van der Waals surface area contributed by atoms with Gasteiger partial charge in [-0.15, -0.1) is 0 Å². The predicted octanol–water partition coefficient (Wildman–Crippen LogP) is 5.25. The maximum absolute atomic E-state index is 13.7. The maximum Gasteiger partial charge on any atom is 0.425 e. The molecule has 1 aromatic heterocycles. The second kappa shape index (κ2) is 7.63. The van der Waals surface area contributed by atoms with Crippen molar-refractivity contribution in [3.63, 3.8) is 0 Å². The highest BCUT2D eigenvalue weighted by Gasteiger charge is 2.39. The van der Waals surface area contributed by atoms with Crippen molar-refractivity contribution in [2.24, 2.45) is 0 Å². The Morgan fingerprint density at radius 2 is 1.88 bits per heavy atom. The van der Waals surface area contributed by atoms with E-state index in [2.05, 4.69) is 9.72 Å². The summed E-state index contributed by atoms with van der Waals surface area (Å²) in [5.74, 6) is -4.14. The zero-order valence-electron chi connectivity index (χ0n) is 12.8. The summed E-state index contributed by atoms with van der Waals surface area (Å²) in [4.78, 5) is 15.6. The molecule has 0 aliphatic heterocycles. The van der Waals surface area contributed by atoms with Crippen LogP contribution in [0.25, 0.3) is 0 Å². The van der Waals surface area contributed by atoms with E-state index >= 15 is 0 Å². The lowest BCUT2D eigenvalue weighted by atomic mass is 10.2. The topological polar surface area (TPSA) is 51.2 Å². The average molecular weight is 415 g/mol. The first-order valence-electron chi connectivity index (χ1n) is 6.85. The molecule has 2 aromatic rings. The third-order valence-corrected chi connectivity index (χ3v) is 3.67. The van der Waals surface area contributed by atoms with Crippen molar-refractivity contribution >= 4 is 34.8 Å². The number of rotatable bonds is 4. The zero-order valence-corrected chi connectivity index (χ0v) is 14.3. The van der Waals surface area contributed by atoms with Gasteiger partial charge in [0, 0.05) is 0 Å². The number of para-hydroxylation sites is 1. The number of hydrogen-bond acceptors (Lipinski definition) is 3. The average Bonchev–Trinajstić information content (AvgIpc) is 2.53. The number of halogens is 7. The van der Waals surface area contributed by atoms with E-state index in [0.29, 0.717) is 13.0 Å². The van der Waals surface area contributed by atoms with E-state index in [0.717, 1.165) is 6.07 Å². The Labute approximate surface area is 153 Å². The first-order valence-corrected chi connectivity index (χ1v) is 7.61. The second-order valence-electron chi connectivity index (χ2n) is 4.97. The highest BCUT2D eigenvalue weighted by atomic mass is 35.5. The molecule has 26 heavy (non-hydrogen) atoms. The van der Waals surface area contributed by atoms with Crippen molar-refractivity contribution in [1.29, 1.82) is 0 Å². The summed E-state index contributed by atoms with van der Waals surface area (Å²) in [6.45, 7) is 0.661. The number of nitrogens with zero attached hydrogens (tertiary/aromatic N) is 1. The van der Waals surface area contributed by atoms with E-state index in [-0.39, 0.29) is 5.02 Å². The summed E-state index contributed by atoms with van der Waals surface area (Å²) in [6.07, 6.45) is -7.13. The Morgan fingerprint density at radius 3 is 2.46 bits per heavy atom.